The summed E-state index contributed by atoms with van der Waals surface area (Å²) < 4.78 is 5.20. The van der Waals surface area contributed by atoms with Crippen LogP contribution in [0.4, 0.5) is 5.69 Å². The van der Waals surface area contributed by atoms with Gasteiger partial charge in [0, 0.05) is 23.5 Å². The zero-order valence-corrected chi connectivity index (χ0v) is 15.8. The van der Waals surface area contributed by atoms with Crippen molar-refractivity contribution >= 4 is 28.5 Å². The Morgan fingerprint density at radius 2 is 1.86 bits per heavy atom. The number of rotatable bonds is 6. The number of fused-ring (bicyclic) bond motifs is 1. The Morgan fingerprint density at radius 1 is 1.07 bits per heavy atom. The smallest absolute Gasteiger partial charge is 0.349 e. The number of anilines is 1. The fourth-order valence-corrected chi connectivity index (χ4v) is 2.71. The average Bonchev–Trinajstić information content (AvgIpc) is 2.71. The van der Waals surface area contributed by atoms with Gasteiger partial charge in [-0.2, -0.15) is 0 Å². The SMILES string of the molecule is CCC(C)C(=O)Nc1cccc(CNC(=O)c2cc3ccccc3oc2=O)c1. The first kappa shape index (κ1) is 19.4. The molecule has 6 heteroatoms. The lowest BCUT2D eigenvalue weighted by Crippen LogP contribution is -2.28. The predicted molar refractivity (Wildman–Crippen MR) is 108 cm³/mol. The van der Waals surface area contributed by atoms with Gasteiger partial charge in [0.15, 0.2) is 0 Å². The third-order valence-electron chi connectivity index (χ3n) is 4.59. The first-order chi connectivity index (χ1) is 13.5. The largest absolute Gasteiger partial charge is 0.422 e. The molecule has 144 valence electrons. The summed E-state index contributed by atoms with van der Waals surface area (Å²) in [5.74, 6) is -0.624. The molecule has 1 atom stereocenters. The van der Waals surface area contributed by atoms with Crippen molar-refractivity contribution in [3.63, 3.8) is 0 Å². The van der Waals surface area contributed by atoms with Gasteiger partial charge in [0.05, 0.1) is 0 Å². The molecule has 28 heavy (non-hydrogen) atoms. The minimum atomic E-state index is -0.675. The Bertz CT molecular complexity index is 1070. The molecule has 3 aromatic rings. The molecule has 0 spiro atoms. The molecule has 0 saturated carbocycles. The molecule has 1 aromatic heterocycles. The summed E-state index contributed by atoms with van der Waals surface area (Å²) in [4.78, 5) is 36.5. The van der Waals surface area contributed by atoms with Crippen LogP contribution in [0.1, 0.15) is 36.2 Å². The molecular weight excluding hydrogens is 356 g/mol. The zero-order chi connectivity index (χ0) is 20.1. The van der Waals surface area contributed by atoms with Crippen LogP contribution < -0.4 is 16.3 Å². The topological polar surface area (TPSA) is 88.4 Å². The van der Waals surface area contributed by atoms with Gasteiger partial charge in [-0.05, 0) is 36.2 Å². The quantitative estimate of drug-likeness (QED) is 0.640. The van der Waals surface area contributed by atoms with Crippen molar-refractivity contribution in [3.05, 3.63) is 76.1 Å². The summed E-state index contributed by atoms with van der Waals surface area (Å²) in [6, 6.07) is 15.8. The predicted octanol–water partition coefficient (Wildman–Crippen LogP) is 3.71. The minimum absolute atomic E-state index is 0.0417. The van der Waals surface area contributed by atoms with E-state index in [-0.39, 0.29) is 23.9 Å². The van der Waals surface area contributed by atoms with Crippen molar-refractivity contribution in [1.82, 2.24) is 5.32 Å². The number of hydrogen-bond acceptors (Lipinski definition) is 4. The summed E-state index contributed by atoms with van der Waals surface area (Å²) in [6.07, 6.45) is 0.760. The Hall–Kier alpha value is -3.41. The van der Waals surface area contributed by atoms with Crippen LogP contribution in [0.5, 0.6) is 0 Å². The van der Waals surface area contributed by atoms with E-state index in [1.54, 1.807) is 36.4 Å². The van der Waals surface area contributed by atoms with Gasteiger partial charge in [-0.25, -0.2) is 4.79 Å². The number of benzene rings is 2. The van der Waals surface area contributed by atoms with Crippen molar-refractivity contribution < 1.29 is 14.0 Å². The molecule has 1 unspecified atom stereocenters. The van der Waals surface area contributed by atoms with Crippen molar-refractivity contribution in [1.29, 1.82) is 0 Å². The maximum Gasteiger partial charge on any atom is 0.349 e. The molecule has 2 N–H and O–H groups in total. The number of carbonyl (C=O) groups is 2. The Kier molecular flexibility index (Phi) is 5.89. The van der Waals surface area contributed by atoms with Crippen LogP contribution in [0, 0.1) is 5.92 Å². The highest BCUT2D eigenvalue weighted by atomic mass is 16.4. The third-order valence-corrected chi connectivity index (χ3v) is 4.59. The summed E-state index contributed by atoms with van der Waals surface area (Å²) in [5, 5.41) is 6.27. The monoisotopic (exact) mass is 378 g/mol. The fraction of sp³-hybridized carbons (Fsp3) is 0.227. The van der Waals surface area contributed by atoms with E-state index in [0.717, 1.165) is 12.0 Å². The lowest BCUT2D eigenvalue weighted by molar-refractivity contribution is -0.119. The molecule has 0 aliphatic carbocycles. The van der Waals surface area contributed by atoms with Crippen LogP contribution in [-0.2, 0) is 11.3 Å². The standard InChI is InChI=1S/C22H22N2O4/c1-3-14(2)20(25)24-17-9-6-7-15(11-17)13-23-21(26)18-12-16-8-4-5-10-19(16)28-22(18)27/h4-12,14H,3,13H2,1-2H3,(H,23,26)(H,24,25). The first-order valence-electron chi connectivity index (χ1n) is 9.19. The minimum Gasteiger partial charge on any atom is -0.422 e. The van der Waals surface area contributed by atoms with Crippen molar-refractivity contribution in [2.24, 2.45) is 5.92 Å². The maximum absolute atomic E-state index is 12.4. The number of nitrogens with one attached hydrogen (secondary N) is 2. The second kappa shape index (κ2) is 8.52. The third kappa shape index (κ3) is 4.46. The van der Waals surface area contributed by atoms with E-state index in [2.05, 4.69) is 10.6 Å². The van der Waals surface area contributed by atoms with E-state index < -0.39 is 11.5 Å². The summed E-state index contributed by atoms with van der Waals surface area (Å²) in [7, 11) is 0. The summed E-state index contributed by atoms with van der Waals surface area (Å²) in [5.41, 5.74) is 1.20. The normalized spacial score (nSPS) is 11.8. The van der Waals surface area contributed by atoms with Gasteiger partial charge in [-0.3, -0.25) is 9.59 Å². The number of hydrogen-bond donors (Lipinski definition) is 2. The van der Waals surface area contributed by atoms with E-state index in [1.165, 1.54) is 6.07 Å². The Morgan fingerprint density at radius 3 is 2.64 bits per heavy atom. The van der Waals surface area contributed by atoms with E-state index in [0.29, 0.717) is 16.7 Å². The number of carbonyl (C=O) groups excluding carboxylic acids is 2. The van der Waals surface area contributed by atoms with Crippen LogP contribution in [0.2, 0.25) is 0 Å². The second-order valence-corrected chi connectivity index (χ2v) is 6.67. The first-order valence-corrected chi connectivity index (χ1v) is 9.19. The molecule has 0 aliphatic heterocycles. The molecule has 0 aliphatic rings. The molecule has 6 nitrogen and oxygen atoms in total. The fourth-order valence-electron chi connectivity index (χ4n) is 2.71. The van der Waals surface area contributed by atoms with E-state index in [4.69, 9.17) is 4.42 Å². The van der Waals surface area contributed by atoms with Gasteiger partial charge in [-0.1, -0.05) is 44.2 Å². The lowest BCUT2D eigenvalue weighted by Gasteiger charge is -2.11. The number of para-hydroxylation sites is 1. The van der Waals surface area contributed by atoms with Crippen LogP contribution in [0.25, 0.3) is 11.0 Å². The molecule has 2 aromatic carbocycles. The van der Waals surface area contributed by atoms with Crippen LogP contribution in [-0.4, -0.2) is 11.8 Å². The molecular formula is C22H22N2O4. The highest BCUT2D eigenvalue weighted by Gasteiger charge is 2.14. The Balaban J connectivity index is 1.70. The van der Waals surface area contributed by atoms with E-state index >= 15 is 0 Å². The second-order valence-electron chi connectivity index (χ2n) is 6.67. The van der Waals surface area contributed by atoms with Crippen molar-refractivity contribution in [2.75, 3.05) is 5.32 Å². The Labute approximate surface area is 162 Å². The van der Waals surface area contributed by atoms with Crippen molar-refractivity contribution in [3.8, 4) is 0 Å². The van der Waals surface area contributed by atoms with Crippen molar-refractivity contribution in [2.45, 2.75) is 26.8 Å². The summed E-state index contributed by atoms with van der Waals surface area (Å²) >= 11 is 0. The van der Waals surface area contributed by atoms with Gasteiger partial charge in [-0.15, -0.1) is 0 Å². The average molecular weight is 378 g/mol. The van der Waals surface area contributed by atoms with Crippen LogP contribution in [0.15, 0.2) is 63.8 Å². The lowest BCUT2D eigenvalue weighted by atomic mass is 10.1. The van der Waals surface area contributed by atoms with Crippen LogP contribution in [0.3, 0.4) is 0 Å². The zero-order valence-electron chi connectivity index (χ0n) is 15.8. The highest BCUT2D eigenvalue weighted by Crippen LogP contribution is 2.14. The molecule has 0 saturated heterocycles. The molecule has 2 amide bonds. The van der Waals surface area contributed by atoms with Gasteiger partial charge in [0.1, 0.15) is 11.1 Å². The van der Waals surface area contributed by atoms with Crippen LogP contribution >= 0.6 is 0 Å². The summed E-state index contributed by atoms with van der Waals surface area (Å²) in [6.45, 7) is 4.05. The number of amides is 2. The molecule has 1 heterocycles. The molecule has 0 radical (unpaired) electrons. The van der Waals surface area contributed by atoms with E-state index in [9.17, 15) is 14.4 Å². The van der Waals surface area contributed by atoms with Gasteiger partial charge in [0.2, 0.25) is 5.91 Å². The maximum atomic E-state index is 12.4. The van der Waals surface area contributed by atoms with Gasteiger partial charge < -0.3 is 15.1 Å². The molecule has 3 rings (SSSR count). The van der Waals surface area contributed by atoms with Gasteiger partial charge in [0.25, 0.3) is 5.91 Å². The molecule has 0 bridgehead atoms. The molecule has 0 fully saturated rings. The van der Waals surface area contributed by atoms with E-state index in [1.807, 2.05) is 26.0 Å². The highest BCUT2D eigenvalue weighted by molar-refractivity contribution is 5.96. The van der Waals surface area contributed by atoms with Gasteiger partial charge >= 0.3 is 5.63 Å².